The second-order valence-electron chi connectivity index (χ2n) is 9.16. The monoisotopic (exact) mass is 528 g/mol. The van der Waals surface area contributed by atoms with Crippen molar-refractivity contribution in [2.45, 2.75) is 44.9 Å². The number of halogens is 2. The van der Waals surface area contributed by atoms with Gasteiger partial charge in [-0.2, -0.15) is 0 Å². The zero-order valence-corrected chi connectivity index (χ0v) is 21.3. The highest BCUT2D eigenvalue weighted by molar-refractivity contribution is 6.17. The van der Waals surface area contributed by atoms with Crippen molar-refractivity contribution in [2.24, 2.45) is 0 Å². The molecule has 1 aliphatic rings. The zero-order valence-electron chi connectivity index (χ0n) is 20.5. The maximum Gasteiger partial charge on any atom is 0.242 e. The third-order valence-corrected chi connectivity index (χ3v) is 6.67. The second-order valence-corrected chi connectivity index (χ2v) is 9.54. The largest absolute Gasteiger partial charge is 0.464 e. The summed E-state index contributed by atoms with van der Waals surface area (Å²) in [6.07, 6.45) is 3.72. The zero-order chi connectivity index (χ0) is 26.2. The summed E-state index contributed by atoms with van der Waals surface area (Å²) in [7, 11) is 0. The van der Waals surface area contributed by atoms with Crippen LogP contribution in [0.1, 0.15) is 36.8 Å². The molecule has 4 rings (SSSR count). The van der Waals surface area contributed by atoms with Gasteiger partial charge in [0.05, 0.1) is 36.4 Å². The Bertz CT molecular complexity index is 1270. The van der Waals surface area contributed by atoms with E-state index in [1.165, 1.54) is 28.2 Å². The molecule has 0 spiro atoms. The lowest BCUT2D eigenvalue weighted by Crippen LogP contribution is -2.45. The van der Waals surface area contributed by atoms with E-state index in [0.717, 1.165) is 12.8 Å². The predicted molar refractivity (Wildman–Crippen MR) is 139 cm³/mol. The summed E-state index contributed by atoms with van der Waals surface area (Å²) >= 11 is 5.79. The molecule has 9 heteroatoms. The minimum atomic E-state index is -0.385. The number of ether oxygens (including phenoxy) is 1. The van der Waals surface area contributed by atoms with Crippen LogP contribution in [0.3, 0.4) is 0 Å². The first-order valence-corrected chi connectivity index (χ1v) is 12.9. The molecule has 3 aromatic rings. The molecule has 1 aliphatic heterocycles. The van der Waals surface area contributed by atoms with Gasteiger partial charge >= 0.3 is 0 Å². The molecule has 2 heterocycles. The number of carbonyl (C=O) groups is 2. The van der Waals surface area contributed by atoms with E-state index in [1.807, 2.05) is 0 Å². The van der Waals surface area contributed by atoms with Crippen molar-refractivity contribution in [1.82, 2.24) is 9.80 Å². The molecule has 1 aromatic heterocycles. The van der Waals surface area contributed by atoms with E-state index < -0.39 is 0 Å². The van der Waals surface area contributed by atoms with Gasteiger partial charge < -0.3 is 19.0 Å². The van der Waals surface area contributed by atoms with E-state index in [2.05, 4.69) is 0 Å². The fourth-order valence-corrected chi connectivity index (χ4v) is 4.54. The number of hydrogen-bond donors (Lipinski definition) is 0. The van der Waals surface area contributed by atoms with Crippen LogP contribution in [0.4, 0.5) is 4.39 Å². The molecule has 0 aliphatic carbocycles. The van der Waals surface area contributed by atoms with E-state index in [0.29, 0.717) is 47.5 Å². The lowest BCUT2D eigenvalue weighted by Gasteiger charge is -2.29. The van der Waals surface area contributed by atoms with Gasteiger partial charge in [-0.25, -0.2) is 4.39 Å². The Balaban J connectivity index is 1.58. The Morgan fingerprint density at radius 2 is 1.81 bits per heavy atom. The number of para-hydroxylation sites is 1. The van der Waals surface area contributed by atoms with E-state index in [-0.39, 0.29) is 55.2 Å². The van der Waals surface area contributed by atoms with Gasteiger partial charge in [-0.3, -0.25) is 14.4 Å². The van der Waals surface area contributed by atoms with Crippen molar-refractivity contribution in [2.75, 3.05) is 25.6 Å². The van der Waals surface area contributed by atoms with Crippen LogP contribution in [-0.2, 0) is 27.4 Å². The highest BCUT2D eigenvalue weighted by Gasteiger charge is 2.27. The average Bonchev–Trinajstić information content (AvgIpc) is 3.42. The molecule has 1 unspecified atom stereocenters. The second kappa shape index (κ2) is 12.8. The van der Waals surface area contributed by atoms with Crippen LogP contribution in [-0.4, -0.2) is 53.3 Å². The van der Waals surface area contributed by atoms with E-state index in [4.69, 9.17) is 20.8 Å². The predicted octanol–water partition coefficient (Wildman–Crippen LogP) is 4.49. The standard InChI is InChI=1S/C28H30ClFN2O5/c29-13-3-8-26(33)32(17-23-5-4-14-36-23)18-27(34)31(15-20-9-11-22(30)12-10-20)16-21-19-37-25-7-2-1-6-24(25)28(21)35/h1-2,6-7,9-12,19,23H,3-5,8,13-18H2. The van der Waals surface area contributed by atoms with Crippen molar-refractivity contribution in [1.29, 1.82) is 0 Å². The van der Waals surface area contributed by atoms with Crippen LogP contribution in [0.25, 0.3) is 11.0 Å². The Morgan fingerprint density at radius 1 is 1.03 bits per heavy atom. The van der Waals surface area contributed by atoms with Crippen molar-refractivity contribution in [3.05, 3.63) is 82.0 Å². The Hall–Kier alpha value is -3.23. The first kappa shape index (κ1) is 26.8. The van der Waals surface area contributed by atoms with Crippen molar-refractivity contribution in [3.63, 3.8) is 0 Å². The Labute approximate surface area is 219 Å². The third kappa shape index (κ3) is 7.17. The highest BCUT2D eigenvalue weighted by Crippen LogP contribution is 2.17. The maximum absolute atomic E-state index is 13.6. The molecule has 1 fully saturated rings. The minimum Gasteiger partial charge on any atom is -0.464 e. The van der Waals surface area contributed by atoms with Gasteiger partial charge in [-0.1, -0.05) is 24.3 Å². The summed E-state index contributed by atoms with van der Waals surface area (Å²) in [4.78, 5) is 42.7. The van der Waals surface area contributed by atoms with Crippen LogP contribution < -0.4 is 5.43 Å². The van der Waals surface area contributed by atoms with E-state index in [1.54, 1.807) is 36.4 Å². The van der Waals surface area contributed by atoms with E-state index >= 15 is 0 Å². The van der Waals surface area contributed by atoms with E-state index in [9.17, 15) is 18.8 Å². The number of carbonyl (C=O) groups excluding carboxylic acids is 2. The van der Waals surface area contributed by atoms with Crippen LogP contribution >= 0.6 is 11.6 Å². The highest BCUT2D eigenvalue weighted by atomic mass is 35.5. The first-order valence-electron chi connectivity index (χ1n) is 12.4. The molecule has 2 amide bonds. The van der Waals surface area contributed by atoms with Crippen molar-refractivity contribution >= 4 is 34.4 Å². The van der Waals surface area contributed by atoms with Gasteiger partial charge in [0.25, 0.3) is 0 Å². The Morgan fingerprint density at radius 3 is 2.54 bits per heavy atom. The summed E-state index contributed by atoms with van der Waals surface area (Å²) in [5, 5.41) is 0.422. The Kier molecular flexibility index (Phi) is 9.30. The smallest absolute Gasteiger partial charge is 0.242 e. The number of hydrogen-bond acceptors (Lipinski definition) is 5. The number of alkyl halides is 1. The molecule has 0 radical (unpaired) electrons. The number of fused-ring (bicyclic) bond motifs is 1. The number of rotatable bonds is 11. The van der Waals surface area contributed by atoms with Crippen LogP contribution in [0.15, 0.2) is 64.0 Å². The normalized spacial score (nSPS) is 15.1. The number of benzene rings is 2. The molecule has 2 aromatic carbocycles. The average molecular weight is 529 g/mol. The summed E-state index contributed by atoms with van der Waals surface area (Å²) in [5.74, 6) is -0.544. The molecule has 1 saturated heterocycles. The van der Waals surface area contributed by atoms with Gasteiger partial charge in [0.15, 0.2) is 5.43 Å². The molecule has 196 valence electrons. The molecular formula is C28H30ClFN2O5. The molecule has 0 bridgehead atoms. The summed E-state index contributed by atoms with van der Waals surface area (Å²) in [6, 6.07) is 12.7. The quantitative estimate of drug-likeness (QED) is 0.343. The minimum absolute atomic E-state index is 0.0208. The van der Waals surface area contributed by atoms with Gasteiger partial charge in [-0.15, -0.1) is 11.6 Å². The molecule has 37 heavy (non-hydrogen) atoms. The summed E-state index contributed by atoms with van der Waals surface area (Å²) < 4.78 is 24.8. The molecule has 0 saturated carbocycles. The fraction of sp³-hybridized carbons (Fsp3) is 0.393. The van der Waals surface area contributed by atoms with Gasteiger partial charge in [0.2, 0.25) is 11.8 Å². The van der Waals surface area contributed by atoms with Gasteiger partial charge in [0, 0.05) is 32.0 Å². The number of amides is 2. The first-order chi connectivity index (χ1) is 17.9. The number of nitrogens with zero attached hydrogens (tertiary/aromatic N) is 2. The van der Waals surface area contributed by atoms with Crippen LogP contribution in [0.2, 0.25) is 0 Å². The fourth-order valence-electron chi connectivity index (χ4n) is 4.40. The lowest BCUT2D eigenvalue weighted by molar-refractivity contribution is -0.142. The van der Waals surface area contributed by atoms with Crippen molar-refractivity contribution in [3.8, 4) is 0 Å². The van der Waals surface area contributed by atoms with Crippen LogP contribution in [0.5, 0.6) is 0 Å². The lowest BCUT2D eigenvalue weighted by atomic mass is 10.1. The topological polar surface area (TPSA) is 80.1 Å². The molecular weight excluding hydrogens is 499 g/mol. The molecule has 7 nitrogen and oxygen atoms in total. The molecule has 0 N–H and O–H groups in total. The summed E-state index contributed by atoms with van der Waals surface area (Å²) in [6.45, 7) is 0.898. The third-order valence-electron chi connectivity index (χ3n) is 6.40. The van der Waals surface area contributed by atoms with Crippen molar-refractivity contribution < 1.29 is 23.1 Å². The summed E-state index contributed by atoms with van der Waals surface area (Å²) in [5.41, 5.74) is 1.24. The molecule has 1 atom stereocenters. The SMILES string of the molecule is O=C(CN(CC1CCCO1)C(=O)CCCCl)N(Cc1ccc(F)cc1)Cc1coc2ccccc2c1=O. The van der Waals surface area contributed by atoms with Crippen LogP contribution in [0, 0.1) is 5.82 Å². The maximum atomic E-state index is 13.6. The van der Waals surface area contributed by atoms with Gasteiger partial charge in [0.1, 0.15) is 11.4 Å². The van der Waals surface area contributed by atoms with Gasteiger partial charge in [-0.05, 0) is 49.1 Å².